The predicted octanol–water partition coefficient (Wildman–Crippen LogP) is 4.09. The third kappa shape index (κ3) is 8.07. The first-order chi connectivity index (χ1) is 23.5. The van der Waals surface area contributed by atoms with Crippen LogP contribution in [0.2, 0.25) is 0 Å². The van der Waals surface area contributed by atoms with Crippen LogP contribution in [0.4, 0.5) is 34.1 Å². The summed E-state index contributed by atoms with van der Waals surface area (Å²) in [5.41, 5.74) is 6.91. The van der Waals surface area contributed by atoms with Crippen LogP contribution in [0.1, 0.15) is 47.9 Å². The highest BCUT2D eigenvalue weighted by atomic mass is 19.4. The summed E-state index contributed by atoms with van der Waals surface area (Å²) < 4.78 is 47.0. The van der Waals surface area contributed by atoms with Crippen molar-refractivity contribution in [3.8, 4) is 0 Å². The van der Waals surface area contributed by atoms with Crippen molar-refractivity contribution in [1.82, 2.24) is 24.9 Å². The van der Waals surface area contributed by atoms with Gasteiger partial charge in [-0.25, -0.2) is 9.59 Å². The number of aryl methyl sites for hydroxylation is 1. The molecule has 2 aromatic rings. The molecule has 49 heavy (non-hydrogen) atoms. The Morgan fingerprint density at radius 1 is 0.959 bits per heavy atom. The van der Waals surface area contributed by atoms with E-state index >= 15 is 0 Å². The number of carbonyl (C=O) groups is 3. The number of urea groups is 2. The molecule has 14 heteroatoms. The lowest BCUT2D eigenvalue weighted by atomic mass is 9.97. The van der Waals surface area contributed by atoms with Crippen LogP contribution in [0.3, 0.4) is 0 Å². The summed E-state index contributed by atoms with van der Waals surface area (Å²) in [6.45, 7) is 6.54. The highest BCUT2D eigenvalue weighted by Crippen LogP contribution is 2.36. The standard InChI is InChI=1S/C35H46F3N7O4/c1-23-20-24(21-28(31(23)39)35(36,37)38)22-30(32(46)43-16-14-42(15-17-43)26-9-18-49-19-10-26)41-33(47)44-11-7-27(8-12-44)45-13-6-25-4-2-3-5-29(25)40-34(45)48/h2-5,20-21,26-27,30H,6-19,22,39H2,1H3,(H,40,48)(H,41,47)/t30-/m1/s1. The summed E-state index contributed by atoms with van der Waals surface area (Å²) in [7, 11) is 0. The maximum Gasteiger partial charge on any atom is 0.418 e. The smallest absolute Gasteiger partial charge is 0.398 e. The van der Waals surface area contributed by atoms with Crippen LogP contribution in [-0.4, -0.2) is 115 Å². The zero-order valence-electron chi connectivity index (χ0n) is 27.9. The first-order valence-corrected chi connectivity index (χ1v) is 17.3. The van der Waals surface area contributed by atoms with Crippen LogP contribution in [0.25, 0.3) is 0 Å². The average molecular weight is 686 g/mol. The van der Waals surface area contributed by atoms with Crippen LogP contribution < -0.4 is 16.4 Å². The molecule has 4 aliphatic rings. The fourth-order valence-electron chi connectivity index (χ4n) is 7.60. The van der Waals surface area contributed by atoms with Gasteiger partial charge < -0.3 is 35.8 Å². The first kappa shape index (κ1) is 34.8. The summed E-state index contributed by atoms with van der Waals surface area (Å²) in [5.74, 6) is -0.321. The van der Waals surface area contributed by atoms with Gasteiger partial charge in [-0.05, 0) is 67.9 Å². The van der Waals surface area contributed by atoms with Gasteiger partial charge >= 0.3 is 18.2 Å². The van der Waals surface area contributed by atoms with E-state index in [4.69, 9.17) is 10.5 Å². The quantitative estimate of drug-likeness (QED) is 0.394. The number of nitrogens with zero attached hydrogens (tertiary/aromatic N) is 4. The van der Waals surface area contributed by atoms with Gasteiger partial charge in [0.2, 0.25) is 5.91 Å². The third-order valence-corrected chi connectivity index (χ3v) is 10.5. The number of nitrogens with two attached hydrogens (primary N) is 1. The van der Waals surface area contributed by atoms with E-state index in [0.717, 1.165) is 49.8 Å². The number of rotatable bonds is 6. The number of halogens is 3. The molecule has 2 aromatic carbocycles. The number of hydrogen-bond donors (Lipinski definition) is 3. The number of nitrogen functional groups attached to an aromatic ring is 1. The van der Waals surface area contributed by atoms with Gasteiger partial charge in [-0.1, -0.05) is 24.3 Å². The van der Waals surface area contributed by atoms with E-state index in [1.807, 2.05) is 29.2 Å². The molecule has 6 rings (SSSR count). The Hall–Kier alpha value is -4.04. The van der Waals surface area contributed by atoms with Crippen LogP contribution in [0.15, 0.2) is 36.4 Å². The van der Waals surface area contributed by atoms with Crippen molar-refractivity contribution in [3.05, 3.63) is 58.7 Å². The van der Waals surface area contributed by atoms with E-state index in [0.29, 0.717) is 64.7 Å². The molecule has 0 bridgehead atoms. The molecule has 4 N–H and O–H groups in total. The molecule has 4 aliphatic heterocycles. The minimum absolute atomic E-state index is 0.0543. The fraction of sp³-hybridized carbons (Fsp3) is 0.571. The normalized spacial score (nSPS) is 20.7. The number of ether oxygens (including phenoxy) is 1. The average Bonchev–Trinajstić information content (AvgIpc) is 3.27. The molecule has 0 unspecified atom stereocenters. The molecule has 0 spiro atoms. The summed E-state index contributed by atoms with van der Waals surface area (Å²) in [5, 5.41) is 5.89. The number of likely N-dealkylation sites (tertiary alicyclic amines) is 1. The Kier molecular flexibility index (Phi) is 10.5. The molecular formula is C35H46F3N7O4. The first-order valence-electron chi connectivity index (χ1n) is 17.3. The van der Waals surface area contributed by atoms with Gasteiger partial charge in [0.15, 0.2) is 0 Å². The monoisotopic (exact) mass is 685 g/mol. The largest absolute Gasteiger partial charge is 0.418 e. The van der Waals surface area contributed by atoms with Gasteiger partial charge in [-0.2, -0.15) is 13.2 Å². The molecule has 5 amide bonds. The highest BCUT2D eigenvalue weighted by Gasteiger charge is 2.37. The number of benzene rings is 2. The third-order valence-electron chi connectivity index (χ3n) is 10.5. The van der Waals surface area contributed by atoms with Crippen molar-refractivity contribution in [2.45, 2.75) is 69.8 Å². The van der Waals surface area contributed by atoms with Crippen LogP contribution in [0.5, 0.6) is 0 Å². The summed E-state index contributed by atoms with van der Waals surface area (Å²) in [6, 6.07) is 8.94. The van der Waals surface area contributed by atoms with Crippen molar-refractivity contribution < 1.29 is 32.3 Å². The number of hydrogen-bond acceptors (Lipinski definition) is 6. The topological polar surface area (TPSA) is 123 Å². The molecule has 0 aromatic heterocycles. The second-order valence-electron chi connectivity index (χ2n) is 13.5. The zero-order chi connectivity index (χ0) is 34.7. The van der Waals surface area contributed by atoms with E-state index in [2.05, 4.69) is 15.5 Å². The number of anilines is 2. The zero-order valence-corrected chi connectivity index (χ0v) is 27.9. The van der Waals surface area contributed by atoms with E-state index in [1.54, 1.807) is 15.9 Å². The Bertz CT molecular complexity index is 1520. The van der Waals surface area contributed by atoms with Crippen molar-refractivity contribution >= 4 is 29.3 Å². The number of fused-ring (bicyclic) bond motifs is 1. The number of amides is 5. The van der Waals surface area contributed by atoms with Gasteiger partial charge in [0.05, 0.1) is 5.56 Å². The van der Waals surface area contributed by atoms with E-state index < -0.39 is 23.8 Å². The number of nitrogens with one attached hydrogen (secondary N) is 2. The van der Waals surface area contributed by atoms with Gasteiger partial charge in [-0.3, -0.25) is 9.69 Å². The van der Waals surface area contributed by atoms with Gasteiger partial charge in [0.1, 0.15) is 6.04 Å². The summed E-state index contributed by atoms with van der Waals surface area (Å²) >= 11 is 0. The van der Waals surface area contributed by atoms with Gasteiger partial charge in [0.25, 0.3) is 0 Å². The molecule has 4 heterocycles. The van der Waals surface area contributed by atoms with Crippen LogP contribution in [0, 0.1) is 6.92 Å². The SMILES string of the molecule is Cc1cc(C[C@@H](NC(=O)N2CCC(N3CCc4ccccc4NC3=O)CC2)C(=O)N2CCN(C3CCOCC3)CC2)cc(C(F)(F)F)c1N. The van der Waals surface area contributed by atoms with E-state index in [-0.39, 0.29) is 41.2 Å². The number of alkyl halides is 3. The molecule has 11 nitrogen and oxygen atoms in total. The summed E-state index contributed by atoms with van der Waals surface area (Å²) in [6.07, 6.45) is -1.03. The van der Waals surface area contributed by atoms with Gasteiger partial charge in [0, 0.05) is 88.9 Å². The number of piperidine rings is 1. The molecule has 0 radical (unpaired) electrons. The lowest BCUT2D eigenvalue weighted by Gasteiger charge is -2.42. The van der Waals surface area contributed by atoms with E-state index in [9.17, 15) is 27.6 Å². The second kappa shape index (κ2) is 14.8. The van der Waals surface area contributed by atoms with Crippen molar-refractivity contribution in [2.75, 3.05) is 70.1 Å². The molecular weight excluding hydrogens is 639 g/mol. The van der Waals surface area contributed by atoms with Crippen LogP contribution in [-0.2, 0) is 28.5 Å². The Morgan fingerprint density at radius 2 is 1.65 bits per heavy atom. The fourth-order valence-corrected chi connectivity index (χ4v) is 7.60. The minimum atomic E-state index is -4.66. The lowest BCUT2D eigenvalue weighted by molar-refractivity contribution is -0.137. The lowest BCUT2D eigenvalue weighted by Crippen LogP contribution is -2.59. The summed E-state index contributed by atoms with van der Waals surface area (Å²) in [4.78, 5) is 48.3. The maximum atomic E-state index is 14.0. The van der Waals surface area contributed by atoms with E-state index in [1.165, 1.54) is 6.92 Å². The molecule has 1 atom stereocenters. The van der Waals surface area contributed by atoms with Crippen molar-refractivity contribution in [1.29, 1.82) is 0 Å². The Morgan fingerprint density at radius 3 is 2.35 bits per heavy atom. The maximum absolute atomic E-state index is 14.0. The number of piperazine rings is 1. The van der Waals surface area contributed by atoms with Crippen molar-refractivity contribution in [3.63, 3.8) is 0 Å². The van der Waals surface area contributed by atoms with Gasteiger partial charge in [-0.15, -0.1) is 0 Å². The highest BCUT2D eigenvalue weighted by molar-refractivity contribution is 5.91. The minimum Gasteiger partial charge on any atom is -0.398 e. The predicted molar refractivity (Wildman–Crippen MR) is 179 cm³/mol. The molecule has 0 saturated carbocycles. The molecule has 3 saturated heterocycles. The van der Waals surface area contributed by atoms with Crippen LogP contribution >= 0.6 is 0 Å². The Balaban J connectivity index is 1.12. The number of para-hydroxylation sites is 1. The second-order valence-corrected chi connectivity index (χ2v) is 13.5. The Labute approximate surface area is 284 Å². The molecule has 3 fully saturated rings. The van der Waals surface area contributed by atoms with Crippen molar-refractivity contribution in [2.24, 2.45) is 0 Å². The molecule has 0 aliphatic carbocycles. The molecule has 266 valence electrons. The number of carbonyl (C=O) groups excluding carboxylic acids is 3.